The smallest absolute Gasteiger partial charge is 0.0595 e. The third kappa shape index (κ3) is 3.76. The molecule has 20 heavy (non-hydrogen) atoms. The molecule has 0 aromatic heterocycles. The van der Waals surface area contributed by atoms with Gasteiger partial charge in [-0.3, -0.25) is 0 Å². The van der Waals surface area contributed by atoms with Crippen molar-refractivity contribution in [1.82, 2.24) is 5.32 Å². The Morgan fingerprint density at radius 3 is 2.15 bits per heavy atom. The van der Waals surface area contributed by atoms with Crippen LogP contribution in [0.3, 0.4) is 0 Å². The Morgan fingerprint density at radius 2 is 1.60 bits per heavy atom. The molecule has 1 nitrogen and oxygen atoms in total. The second kappa shape index (κ2) is 7.12. The first-order valence-electron chi connectivity index (χ1n) is 6.84. The number of halogens is 2. The van der Waals surface area contributed by atoms with Gasteiger partial charge in [-0.1, -0.05) is 60.5 Å². The van der Waals surface area contributed by atoms with E-state index in [0.717, 1.165) is 18.4 Å². The number of likely N-dealkylation sites (N-methyl/N-ethyl adjacent to an activating group) is 1. The van der Waals surface area contributed by atoms with Crippen LogP contribution in [0.15, 0.2) is 42.5 Å². The van der Waals surface area contributed by atoms with Crippen LogP contribution in [0.25, 0.3) is 0 Å². The van der Waals surface area contributed by atoms with Gasteiger partial charge in [0.2, 0.25) is 0 Å². The van der Waals surface area contributed by atoms with Crippen LogP contribution in [-0.2, 0) is 12.8 Å². The highest BCUT2D eigenvalue weighted by molar-refractivity contribution is 6.42. The van der Waals surface area contributed by atoms with Gasteiger partial charge >= 0.3 is 0 Å². The first-order valence-corrected chi connectivity index (χ1v) is 7.59. The maximum atomic E-state index is 6.10. The van der Waals surface area contributed by atoms with Crippen LogP contribution in [0.5, 0.6) is 0 Å². The van der Waals surface area contributed by atoms with E-state index in [-0.39, 0.29) is 6.04 Å². The summed E-state index contributed by atoms with van der Waals surface area (Å²) in [5, 5.41) is 4.54. The van der Waals surface area contributed by atoms with Crippen molar-refractivity contribution in [3.8, 4) is 0 Å². The van der Waals surface area contributed by atoms with E-state index in [1.807, 2.05) is 25.2 Å². The molecule has 1 atom stereocenters. The normalized spacial score (nSPS) is 12.4. The molecule has 0 amide bonds. The van der Waals surface area contributed by atoms with Gasteiger partial charge in [0.05, 0.1) is 10.0 Å². The van der Waals surface area contributed by atoms with Crippen molar-refractivity contribution in [3.05, 3.63) is 69.2 Å². The summed E-state index contributed by atoms with van der Waals surface area (Å²) in [6.45, 7) is 2.17. The lowest BCUT2D eigenvalue weighted by Gasteiger charge is -2.17. The molecule has 3 heteroatoms. The molecule has 0 aliphatic carbocycles. The zero-order valence-corrected chi connectivity index (χ0v) is 13.3. The quantitative estimate of drug-likeness (QED) is 0.814. The first kappa shape index (κ1) is 15.4. The van der Waals surface area contributed by atoms with Crippen LogP contribution in [0, 0.1) is 0 Å². The second-order valence-electron chi connectivity index (χ2n) is 4.89. The average molecular weight is 308 g/mol. The molecule has 106 valence electrons. The van der Waals surface area contributed by atoms with Gasteiger partial charge in [0, 0.05) is 6.04 Å². The molecule has 0 heterocycles. The van der Waals surface area contributed by atoms with Crippen LogP contribution in [-0.4, -0.2) is 7.05 Å². The van der Waals surface area contributed by atoms with Gasteiger partial charge in [-0.05, 0) is 48.7 Å². The molecule has 0 bridgehead atoms. The number of rotatable bonds is 5. The van der Waals surface area contributed by atoms with E-state index in [4.69, 9.17) is 23.2 Å². The zero-order valence-electron chi connectivity index (χ0n) is 11.8. The molecule has 2 aromatic carbocycles. The van der Waals surface area contributed by atoms with Gasteiger partial charge in [-0.2, -0.15) is 0 Å². The second-order valence-corrected chi connectivity index (χ2v) is 5.70. The summed E-state index contributed by atoms with van der Waals surface area (Å²) in [5.41, 5.74) is 3.83. The highest BCUT2D eigenvalue weighted by Gasteiger charge is 2.11. The number of nitrogens with one attached hydrogen (secondary N) is 1. The van der Waals surface area contributed by atoms with Gasteiger partial charge in [0.1, 0.15) is 0 Å². The Morgan fingerprint density at radius 1 is 0.950 bits per heavy atom. The Labute approximate surface area is 130 Å². The van der Waals surface area contributed by atoms with Gasteiger partial charge in [0.15, 0.2) is 0 Å². The molecule has 0 aliphatic heterocycles. The molecule has 1 unspecified atom stereocenters. The molecule has 0 spiro atoms. The summed E-state index contributed by atoms with van der Waals surface area (Å²) in [5.74, 6) is 0. The van der Waals surface area contributed by atoms with Crippen LogP contribution < -0.4 is 5.32 Å². The summed E-state index contributed by atoms with van der Waals surface area (Å²) in [6.07, 6.45) is 2.00. The molecule has 0 aliphatic rings. The first-order chi connectivity index (χ1) is 9.63. The van der Waals surface area contributed by atoms with Crippen molar-refractivity contribution in [2.45, 2.75) is 25.8 Å². The zero-order chi connectivity index (χ0) is 14.5. The highest BCUT2D eigenvalue weighted by Crippen LogP contribution is 2.27. The Kier molecular flexibility index (Phi) is 5.47. The fourth-order valence-electron chi connectivity index (χ4n) is 2.26. The molecule has 0 saturated heterocycles. The Balaban J connectivity index is 2.16. The van der Waals surface area contributed by atoms with Crippen molar-refractivity contribution >= 4 is 23.2 Å². The highest BCUT2D eigenvalue weighted by atomic mass is 35.5. The Bertz CT molecular complexity index is 564. The van der Waals surface area contributed by atoms with Crippen molar-refractivity contribution < 1.29 is 0 Å². The predicted molar refractivity (Wildman–Crippen MR) is 87.8 cm³/mol. The molecule has 0 radical (unpaired) electrons. The van der Waals surface area contributed by atoms with E-state index < -0.39 is 0 Å². The minimum Gasteiger partial charge on any atom is -0.313 e. The maximum Gasteiger partial charge on any atom is 0.0595 e. The van der Waals surface area contributed by atoms with Crippen LogP contribution in [0.1, 0.15) is 29.7 Å². The molecule has 2 rings (SSSR count). The lowest BCUT2D eigenvalue weighted by Crippen LogP contribution is -2.18. The molecule has 0 fully saturated rings. The van der Waals surface area contributed by atoms with E-state index >= 15 is 0 Å². The molecule has 1 N–H and O–H groups in total. The Hall–Kier alpha value is -1.02. The molecule has 2 aromatic rings. The van der Waals surface area contributed by atoms with Crippen molar-refractivity contribution in [2.24, 2.45) is 0 Å². The predicted octanol–water partition coefficient (Wildman–Crippen LogP) is 5.06. The minimum atomic E-state index is 0.234. The summed E-state index contributed by atoms with van der Waals surface area (Å²) < 4.78 is 0. The standard InChI is InChI=1S/C17H19Cl2N/c1-3-12-4-6-13(7-5-12)10-17(20-2)14-8-9-15(18)16(19)11-14/h4-9,11,17,20H,3,10H2,1-2H3. The van der Waals surface area contributed by atoms with Gasteiger partial charge in [0.25, 0.3) is 0 Å². The van der Waals surface area contributed by atoms with Crippen LogP contribution in [0.4, 0.5) is 0 Å². The summed E-state index contributed by atoms with van der Waals surface area (Å²) >= 11 is 12.1. The van der Waals surface area contributed by atoms with Gasteiger partial charge in [-0.15, -0.1) is 0 Å². The van der Waals surface area contributed by atoms with E-state index in [2.05, 4.69) is 36.5 Å². The fourth-order valence-corrected chi connectivity index (χ4v) is 2.57. The monoisotopic (exact) mass is 307 g/mol. The topological polar surface area (TPSA) is 12.0 Å². The number of hydrogen-bond acceptors (Lipinski definition) is 1. The third-order valence-electron chi connectivity index (χ3n) is 3.57. The van der Waals surface area contributed by atoms with E-state index in [1.165, 1.54) is 11.1 Å². The van der Waals surface area contributed by atoms with Crippen LogP contribution >= 0.6 is 23.2 Å². The van der Waals surface area contributed by atoms with E-state index in [0.29, 0.717) is 10.0 Å². The lowest BCUT2D eigenvalue weighted by molar-refractivity contribution is 0.592. The average Bonchev–Trinajstić information content (AvgIpc) is 2.48. The summed E-state index contributed by atoms with van der Waals surface area (Å²) in [7, 11) is 1.97. The minimum absolute atomic E-state index is 0.234. The van der Waals surface area contributed by atoms with E-state index in [1.54, 1.807) is 0 Å². The summed E-state index contributed by atoms with van der Waals surface area (Å²) in [6, 6.07) is 14.8. The number of hydrogen-bond donors (Lipinski definition) is 1. The van der Waals surface area contributed by atoms with Crippen molar-refractivity contribution in [2.75, 3.05) is 7.05 Å². The molecular weight excluding hydrogens is 289 g/mol. The molecular formula is C17H19Cl2N. The SMILES string of the molecule is CCc1ccc(CC(NC)c2ccc(Cl)c(Cl)c2)cc1. The van der Waals surface area contributed by atoms with Crippen molar-refractivity contribution in [1.29, 1.82) is 0 Å². The lowest BCUT2D eigenvalue weighted by atomic mass is 9.98. The number of aryl methyl sites for hydroxylation is 1. The van der Waals surface area contributed by atoms with Crippen molar-refractivity contribution in [3.63, 3.8) is 0 Å². The fraction of sp³-hybridized carbons (Fsp3) is 0.294. The maximum absolute atomic E-state index is 6.10. The van der Waals surface area contributed by atoms with E-state index in [9.17, 15) is 0 Å². The summed E-state index contributed by atoms with van der Waals surface area (Å²) in [4.78, 5) is 0. The van der Waals surface area contributed by atoms with Gasteiger partial charge < -0.3 is 5.32 Å². The third-order valence-corrected chi connectivity index (χ3v) is 4.30. The largest absolute Gasteiger partial charge is 0.313 e. The molecule has 0 saturated carbocycles. The number of benzene rings is 2. The van der Waals surface area contributed by atoms with Gasteiger partial charge in [-0.25, -0.2) is 0 Å². The van der Waals surface area contributed by atoms with Crippen LogP contribution in [0.2, 0.25) is 10.0 Å².